The summed E-state index contributed by atoms with van der Waals surface area (Å²) in [7, 11) is 0. The number of aliphatic hydroxyl groups is 1. The lowest BCUT2D eigenvalue weighted by Gasteiger charge is -2.25. The number of carboxylic acid groups (broad SMARTS) is 1. The number of rotatable bonds is 30. The molecule has 0 spiro atoms. The highest BCUT2D eigenvalue weighted by atomic mass is 16.4. The number of carboxylic acids is 1. The summed E-state index contributed by atoms with van der Waals surface area (Å²) in [5, 5.41) is 26.8. The van der Waals surface area contributed by atoms with Gasteiger partial charge in [0.2, 0.25) is 29.5 Å². The maximum absolute atomic E-state index is 13.6. The maximum atomic E-state index is 13.6. The molecule has 1 aliphatic heterocycles. The lowest BCUT2D eigenvalue weighted by atomic mass is 9.88. The number of nitrogens with two attached hydrogens (primary N) is 1. The Balaban J connectivity index is 1.98. The highest BCUT2D eigenvalue weighted by Crippen LogP contribution is 2.28. The summed E-state index contributed by atoms with van der Waals surface area (Å²) >= 11 is 0. The van der Waals surface area contributed by atoms with Crippen molar-refractivity contribution in [1.82, 2.24) is 20.9 Å². The molecule has 2 aliphatic rings. The van der Waals surface area contributed by atoms with E-state index in [1.807, 2.05) is 27.7 Å². The number of hydrogen-bond acceptors (Lipinski definition) is 12. The maximum Gasteiger partial charge on any atom is 0.306 e. The second kappa shape index (κ2) is 26.7. The molecule has 0 aromatic rings. The molecule has 0 aromatic heterocycles. The first kappa shape index (κ1) is 54.3. The molecule has 0 aromatic carbocycles. The van der Waals surface area contributed by atoms with Crippen LogP contribution in [0.4, 0.5) is 0 Å². The van der Waals surface area contributed by atoms with Crippen LogP contribution in [0.25, 0.3) is 0 Å². The van der Waals surface area contributed by atoms with Crippen LogP contribution in [0.15, 0.2) is 0 Å². The number of nitrogens with one attached hydrogen (secondary N) is 3. The third-order valence-corrected chi connectivity index (χ3v) is 11.8. The van der Waals surface area contributed by atoms with Gasteiger partial charge >= 0.3 is 5.97 Å². The summed E-state index contributed by atoms with van der Waals surface area (Å²) in [5.41, 5.74) is 5.32. The molecule has 1 saturated heterocycles. The third kappa shape index (κ3) is 19.6. The SMILES string of the molecule is CC(C)C[C@H](CC(=O)[C@H](CCC(N)=O)NC(=O)CCC(=O)[C@H]1CC[C@H](O)C1)C(=O)NCC(=O)C[C@@H](CC(C)C)C(=O)N[C@@H](C)C(=O)CCC(=O)N1CCC[C@H]1C(=O)C[C@@H](C)C(=O)O. The molecule has 0 bridgehead atoms. The molecule has 63 heavy (non-hydrogen) atoms. The predicted molar refractivity (Wildman–Crippen MR) is 229 cm³/mol. The first-order chi connectivity index (χ1) is 29.5. The molecule has 7 N–H and O–H groups in total. The Morgan fingerprint density at radius 3 is 1.90 bits per heavy atom. The Labute approximate surface area is 370 Å². The Bertz CT molecular complexity index is 1680. The van der Waals surface area contributed by atoms with Gasteiger partial charge in [0.1, 0.15) is 5.78 Å². The topological polar surface area (TPSA) is 294 Å². The van der Waals surface area contributed by atoms with Gasteiger partial charge in [-0.3, -0.25) is 52.7 Å². The molecule has 8 atom stereocenters. The van der Waals surface area contributed by atoms with Crippen molar-refractivity contribution in [3.8, 4) is 0 Å². The minimum atomic E-state index is -1.16. The van der Waals surface area contributed by atoms with Gasteiger partial charge in [0, 0.05) is 75.7 Å². The normalized spacial score (nSPS) is 19.7. The van der Waals surface area contributed by atoms with Crippen LogP contribution in [0.2, 0.25) is 0 Å². The zero-order chi connectivity index (χ0) is 47.6. The third-order valence-electron chi connectivity index (χ3n) is 11.8. The van der Waals surface area contributed by atoms with Crippen molar-refractivity contribution in [2.75, 3.05) is 13.1 Å². The Kier molecular flexibility index (Phi) is 23.0. The first-order valence-electron chi connectivity index (χ1n) is 22.5. The number of carbonyl (C=O) groups is 11. The number of carbonyl (C=O) groups excluding carboxylic acids is 10. The fraction of sp³-hybridized carbons (Fsp3) is 0.756. The number of primary amides is 1. The minimum absolute atomic E-state index is 0.0207. The summed E-state index contributed by atoms with van der Waals surface area (Å²) in [4.78, 5) is 142. The molecule has 2 rings (SSSR count). The fourth-order valence-electron chi connectivity index (χ4n) is 8.25. The van der Waals surface area contributed by atoms with Gasteiger partial charge in [-0.25, -0.2) is 0 Å². The van der Waals surface area contributed by atoms with Gasteiger partial charge in [-0.05, 0) is 70.1 Å². The van der Waals surface area contributed by atoms with E-state index in [1.54, 1.807) is 0 Å². The molecule has 1 saturated carbocycles. The van der Waals surface area contributed by atoms with Crippen molar-refractivity contribution >= 4 is 64.4 Å². The molecule has 1 heterocycles. The van der Waals surface area contributed by atoms with Crippen LogP contribution in [-0.2, 0) is 52.7 Å². The highest BCUT2D eigenvalue weighted by Gasteiger charge is 2.36. The van der Waals surface area contributed by atoms with Crippen molar-refractivity contribution in [2.24, 2.45) is 41.2 Å². The van der Waals surface area contributed by atoms with Crippen molar-refractivity contribution in [3.63, 3.8) is 0 Å². The standard InChI is InChI=1S/C45H71N5O13/c1-25(2)18-30(44(61)48-28(6)36(53)13-16-42(59)50-17-7-8-35(50)39(56)20-27(5)45(62)63)22-33(52)24-47-43(60)31(19-26(3)4)23-38(55)34(11-14-40(46)57)49-41(58)15-12-37(54)29-9-10-32(51)21-29/h25-32,34-35,51H,7-24H2,1-6H3,(H2,46,57)(H,47,60)(H,48,61)(H,49,58)(H,62,63)/t27-,28+,29+,30-,31-,32+,34+,35+/m1/s1. The van der Waals surface area contributed by atoms with Gasteiger partial charge < -0.3 is 36.8 Å². The van der Waals surface area contributed by atoms with E-state index in [2.05, 4.69) is 16.0 Å². The summed E-state index contributed by atoms with van der Waals surface area (Å²) < 4.78 is 0. The second-order valence-corrected chi connectivity index (χ2v) is 18.4. The number of likely N-dealkylation sites (tertiary alicyclic amines) is 1. The van der Waals surface area contributed by atoms with Gasteiger partial charge in [0.05, 0.1) is 36.7 Å². The van der Waals surface area contributed by atoms with E-state index in [0.717, 1.165) is 0 Å². The van der Waals surface area contributed by atoms with E-state index in [9.17, 15) is 57.8 Å². The van der Waals surface area contributed by atoms with Crippen LogP contribution in [0.3, 0.4) is 0 Å². The number of Topliss-reactive ketones (excluding diaryl/α,β-unsaturated/α-hetero) is 5. The molecule has 354 valence electrons. The quantitative estimate of drug-likeness (QED) is 0.0604. The van der Waals surface area contributed by atoms with Crippen molar-refractivity contribution < 1.29 is 63.0 Å². The molecule has 1 aliphatic carbocycles. The van der Waals surface area contributed by atoms with Crippen LogP contribution in [0.5, 0.6) is 0 Å². The van der Waals surface area contributed by atoms with Gasteiger partial charge in [-0.1, -0.05) is 34.6 Å². The Morgan fingerprint density at radius 1 is 0.698 bits per heavy atom. The zero-order valence-electron chi connectivity index (χ0n) is 37.9. The molecule has 0 unspecified atom stereocenters. The average molecular weight is 890 g/mol. The van der Waals surface area contributed by atoms with E-state index in [0.29, 0.717) is 38.6 Å². The van der Waals surface area contributed by atoms with Gasteiger partial charge in [0.25, 0.3) is 0 Å². The van der Waals surface area contributed by atoms with E-state index in [-0.39, 0.29) is 99.9 Å². The molecule has 18 heteroatoms. The molecule has 2 fully saturated rings. The minimum Gasteiger partial charge on any atom is -0.481 e. The summed E-state index contributed by atoms with van der Waals surface area (Å²) in [6, 6.07) is -2.90. The van der Waals surface area contributed by atoms with Crippen LogP contribution in [0.1, 0.15) is 144 Å². The highest BCUT2D eigenvalue weighted by molar-refractivity contribution is 5.97. The number of nitrogens with zero attached hydrogens (tertiary/aromatic N) is 1. The van der Waals surface area contributed by atoms with Crippen molar-refractivity contribution in [1.29, 1.82) is 0 Å². The van der Waals surface area contributed by atoms with Crippen LogP contribution >= 0.6 is 0 Å². The molecule has 18 nitrogen and oxygen atoms in total. The summed E-state index contributed by atoms with van der Waals surface area (Å²) in [5.74, 6) is -8.90. The first-order valence-corrected chi connectivity index (χ1v) is 22.5. The van der Waals surface area contributed by atoms with E-state index in [1.165, 1.54) is 18.7 Å². The van der Waals surface area contributed by atoms with Gasteiger partial charge in [0.15, 0.2) is 23.1 Å². The van der Waals surface area contributed by atoms with Crippen LogP contribution < -0.4 is 21.7 Å². The molecular formula is C45H71N5O13. The van der Waals surface area contributed by atoms with E-state index < -0.39 is 101 Å². The second-order valence-electron chi connectivity index (χ2n) is 18.4. The van der Waals surface area contributed by atoms with Crippen LogP contribution in [-0.4, -0.2) is 117 Å². The predicted octanol–water partition coefficient (Wildman–Crippen LogP) is 2.13. The Morgan fingerprint density at radius 2 is 1.33 bits per heavy atom. The molecular weight excluding hydrogens is 819 g/mol. The van der Waals surface area contributed by atoms with E-state index >= 15 is 0 Å². The molecule has 0 radical (unpaired) electrons. The van der Waals surface area contributed by atoms with Crippen LogP contribution in [0, 0.1) is 35.5 Å². The lowest BCUT2D eigenvalue weighted by Crippen LogP contribution is -2.45. The van der Waals surface area contributed by atoms with E-state index in [4.69, 9.17) is 10.8 Å². The number of ketones is 5. The zero-order valence-corrected chi connectivity index (χ0v) is 37.9. The molecule has 5 amide bonds. The number of amides is 5. The Hall–Kier alpha value is -4.87. The van der Waals surface area contributed by atoms with Crippen molar-refractivity contribution in [2.45, 2.75) is 169 Å². The fourth-order valence-corrected chi connectivity index (χ4v) is 8.25. The van der Waals surface area contributed by atoms with Crippen molar-refractivity contribution in [3.05, 3.63) is 0 Å². The van der Waals surface area contributed by atoms with Gasteiger partial charge in [-0.15, -0.1) is 0 Å². The monoisotopic (exact) mass is 890 g/mol. The number of aliphatic hydroxyl groups excluding tert-OH is 1. The summed E-state index contributed by atoms with van der Waals surface area (Å²) in [6.07, 6.45) is 0.594. The average Bonchev–Trinajstić information content (AvgIpc) is 3.88. The summed E-state index contributed by atoms with van der Waals surface area (Å²) in [6.45, 7) is 10.2. The van der Waals surface area contributed by atoms with Gasteiger partial charge in [-0.2, -0.15) is 0 Å². The number of aliphatic carboxylic acids is 1. The smallest absolute Gasteiger partial charge is 0.306 e. The largest absolute Gasteiger partial charge is 0.481 e. The lowest BCUT2D eigenvalue weighted by molar-refractivity contribution is -0.144. The number of hydrogen-bond donors (Lipinski definition) is 6.